The molecule has 0 bridgehead atoms. The summed E-state index contributed by atoms with van der Waals surface area (Å²) in [5, 5.41) is 2.85. The average Bonchev–Trinajstić information content (AvgIpc) is 2.10. The van der Waals surface area contributed by atoms with Gasteiger partial charge in [-0.3, -0.25) is 4.79 Å². The van der Waals surface area contributed by atoms with E-state index in [0.717, 1.165) is 25.1 Å². The number of thiol groups is 2. The zero-order valence-electron chi connectivity index (χ0n) is 7.42. The van der Waals surface area contributed by atoms with Crippen LogP contribution < -0.4 is 5.32 Å². The third-order valence-corrected chi connectivity index (χ3v) is 2.47. The summed E-state index contributed by atoms with van der Waals surface area (Å²) < 4.78 is 0. The molecule has 0 spiro atoms. The second-order valence-corrected chi connectivity index (χ2v) is 3.62. The molecular formula is C8H17NOS2. The van der Waals surface area contributed by atoms with Crippen LogP contribution in [0.2, 0.25) is 0 Å². The van der Waals surface area contributed by atoms with Crippen molar-refractivity contribution < 1.29 is 4.79 Å². The van der Waals surface area contributed by atoms with Gasteiger partial charge in [0.25, 0.3) is 0 Å². The predicted molar refractivity (Wildman–Crippen MR) is 59.1 cm³/mol. The van der Waals surface area contributed by atoms with Gasteiger partial charge in [0.1, 0.15) is 0 Å². The molecule has 12 heavy (non-hydrogen) atoms. The molecule has 0 aliphatic rings. The second kappa shape index (κ2) is 7.80. The topological polar surface area (TPSA) is 29.1 Å². The van der Waals surface area contributed by atoms with Gasteiger partial charge in [-0.1, -0.05) is 6.92 Å². The van der Waals surface area contributed by atoms with E-state index in [1.54, 1.807) is 0 Å². The zero-order chi connectivity index (χ0) is 9.40. The summed E-state index contributed by atoms with van der Waals surface area (Å²) in [6, 6.07) is 0. The van der Waals surface area contributed by atoms with Gasteiger partial charge in [0.15, 0.2) is 0 Å². The van der Waals surface area contributed by atoms with Crippen molar-refractivity contribution in [2.24, 2.45) is 5.92 Å². The first kappa shape index (κ1) is 12.2. The van der Waals surface area contributed by atoms with Crippen LogP contribution >= 0.6 is 25.3 Å². The van der Waals surface area contributed by atoms with E-state index >= 15 is 0 Å². The molecule has 1 atom stereocenters. The molecule has 1 amide bonds. The van der Waals surface area contributed by atoms with Gasteiger partial charge in [-0.25, -0.2) is 0 Å². The molecule has 72 valence electrons. The minimum Gasteiger partial charge on any atom is -0.356 e. The Morgan fingerprint density at radius 1 is 1.42 bits per heavy atom. The monoisotopic (exact) mass is 207 g/mol. The quantitative estimate of drug-likeness (QED) is 0.446. The lowest BCUT2D eigenvalue weighted by Gasteiger charge is -2.08. The number of unbranched alkanes of at least 4 members (excludes halogenated alkanes) is 1. The van der Waals surface area contributed by atoms with E-state index in [0.29, 0.717) is 5.75 Å². The van der Waals surface area contributed by atoms with Crippen LogP contribution in [-0.2, 0) is 4.79 Å². The van der Waals surface area contributed by atoms with E-state index in [1.807, 2.05) is 6.92 Å². The largest absolute Gasteiger partial charge is 0.356 e. The van der Waals surface area contributed by atoms with E-state index in [2.05, 4.69) is 30.6 Å². The molecule has 0 aromatic rings. The molecule has 0 aromatic heterocycles. The van der Waals surface area contributed by atoms with E-state index in [-0.39, 0.29) is 11.8 Å². The van der Waals surface area contributed by atoms with Crippen molar-refractivity contribution in [3.05, 3.63) is 0 Å². The molecule has 0 aliphatic carbocycles. The van der Waals surface area contributed by atoms with Gasteiger partial charge in [-0.05, 0) is 18.6 Å². The molecule has 4 heteroatoms. The van der Waals surface area contributed by atoms with Gasteiger partial charge in [-0.15, -0.1) is 0 Å². The fraction of sp³-hybridized carbons (Fsp3) is 0.875. The molecule has 0 radical (unpaired) electrons. The SMILES string of the molecule is CC(CS)C(=O)NCCCCS. The fourth-order valence-corrected chi connectivity index (χ4v) is 1.09. The molecule has 0 heterocycles. The van der Waals surface area contributed by atoms with Crippen molar-refractivity contribution in [3.8, 4) is 0 Å². The van der Waals surface area contributed by atoms with E-state index < -0.39 is 0 Å². The highest BCUT2D eigenvalue weighted by molar-refractivity contribution is 7.80. The van der Waals surface area contributed by atoms with Crippen molar-refractivity contribution in [1.29, 1.82) is 0 Å². The number of amides is 1. The van der Waals surface area contributed by atoms with E-state index in [1.165, 1.54) is 0 Å². The summed E-state index contributed by atoms with van der Waals surface area (Å²) in [6.07, 6.45) is 2.06. The van der Waals surface area contributed by atoms with Crippen LogP contribution in [0.15, 0.2) is 0 Å². The minimum atomic E-state index is 0.0179. The van der Waals surface area contributed by atoms with Crippen molar-refractivity contribution in [2.75, 3.05) is 18.1 Å². The van der Waals surface area contributed by atoms with Crippen molar-refractivity contribution in [2.45, 2.75) is 19.8 Å². The molecule has 1 unspecified atom stereocenters. The van der Waals surface area contributed by atoms with Crippen LogP contribution in [0, 0.1) is 5.92 Å². The van der Waals surface area contributed by atoms with Crippen LogP contribution in [0.25, 0.3) is 0 Å². The number of carbonyl (C=O) groups is 1. The molecule has 0 fully saturated rings. The molecule has 0 saturated heterocycles. The third-order valence-electron chi connectivity index (χ3n) is 1.61. The zero-order valence-corrected chi connectivity index (χ0v) is 9.20. The summed E-state index contributed by atoms with van der Waals surface area (Å²) in [6.45, 7) is 2.64. The first-order chi connectivity index (χ1) is 5.72. The van der Waals surface area contributed by atoms with Gasteiger partial charge in [0.2, 0.25) is 5.91 Å². The van der Waals surface area contributed by atoms with Crippen LogP contribution in [0.5, 0.6) is 0 Å². The van der Waals surface area contributed by atoms with Crippen molar-refractivity contribution in [3.63, 3.8) is 0 Å². The fourth-order valence-electron chi connectivity index (χ4n) is 0.706. The third kappa shape index (κ3) is 5.77. The standard InChI is InChI=1S/C8H17NOS2/c1-7(6-12)8(10)9-4-2-3-5-11/h7,11-12H,2-6H2,1H3,(H,9,10). The number of carbonyl (C=O) groups excluding carboxylic acids is 1. The maximum absolute atomic E-state index is 11.2. The maximum Gasteiger partial charge on any atom is 0.223 e. The Bertz CT molecular complexity index is 130. The van der Waals surface area contributed by atoms with Crippen molar-refractivity contribution >= 4 is 31.2 Å². The van der Waals surface area contributed by atoms with Gasteiger partial charge in [-0.2, -0.15) is 25.3 Å². The number of hydrogen-bond acceptors (Lipinski definition) is 3. The molecule has 0 rings (SSSR count). The summed E-state index contributed by atoms with van der Waals surface area (Å²) in [5.41, 5.74) is 0. The Hall–Kier alpha value is 0.170. The average molecular weight is 207 g/mol. The Labute approximate surface area is 85.3 Å². The number of rotatable bonds is 6. The van der Waals surface area contributed by atoms with Gasteiger partial charge in [0.05, 0.1) is 0 Å². The summed E-state index contributed by atoms with van der Waals surface area (Å²) in [7, 11) is 0. The summed E-state index contributed by atoms with van der Waals surface area (Å²) in [5.74, 6) is 1.62. The van der Waals surface area contributed by atoms with Crippen molar-refractivity contribution in [1.82, 2.24) is 5.32 Å². The lowest BCUT2D eigenvalue weighted by molar-refractivity contribution is -0.123. The highest BCUT2D eigenvalue weighted by Crippen LogP contribution is 1.97. The first-order valence-corrected chi connectivity index (χ1v) is 5.48. The molecule has 2 nitrogen and oxygen atoms in total. The normalized spacial score (nSPS) is 12.6. The highest BCUT2D eigenvalue weighted by atomic mass is 32.1. The highest BCUT2D eigenvalue weighted by Gasteiger charge is 2.08. The van der Waals surface area contributed by atoms with E-state index in [9.17, 15) is 4.79 Å². The molecule has 0 aliphatic heterocycles. The van der Waals surface area contributed by atoms with Gasteiger partial charge < -0.3 is 5.32 Å². The summed E-state index contributed by atoms with van der Waals surface area (Å²) >= 11 is 8.12. The van der Waals surface area contributed by atoms with Gasteiger partial charge in [0, 0.05) is 18.2 Å². The Morgan fingerprint density at radius 3 is 2.58 bits per heavy atom. The molecule has 1 N–H and O–H groups in total. The summed E-state index contributed by atoms with van der Waals surface area (Å²) in [4.78, 5) is 11.2. The minimum absolute atomic E-state index is 0.0179. The van der Waals surface area contributed by atoms with Gasteiger partial charge >= 0.3 is 0 Å². The maximum atomic E-state index is 11.2. The van der Waals surface area contributed by atoms with Crippen LogP contribution in [0.1, 0.15) is 19.8 Å². The number of hydrogen-bond donors (Lipinski definition) is 3. The number of nitrogens with one attached hydrogen (secondary N) is 1. The lowest BCUT2D eigenvalue weighted by atomic mass is 10.2. The second-order valence-electron chi connectivity index (χ2n) is 2.81. The Balaban J connectivity index is 3.31. The van der Waals surface area contributed by atoms with Crippen LogP contribution in [-0.4, -0.2) is 24.0 Å². The Morgan fingerprint density at radius 2 is 2.08 bits per heavy atom. The van der Waals surface area contributed by atoms with Crippen LogP contribution in [0.3, 0.4) is 0 Å². The predicted octanol–water partition coefficient (Wildman–Crippen LogP) is 1.38. The molecule has 0 aromatic carbocycles. The molecular weight excluding hydrogens is 190 g/mol. The van der Waals surface area contributed by atoms with E-state index in [4.69, 9.17) is 0 Å². The Kier molecular flexibility index (Phi) is 7.91. The van der Waals surface area contributed by atoms with Crippen LogP contribution in [0.4, 0.5) is 0 Å². The first-order valence-electron chi connectivity index (χ1n) is 4.21. The smallest absolute Gasteiger partial charge is 0.223 e. The molecule has 0 saturated carbocycles. The lowest BCUT2D eigenvalue weighted by Crippen LogP contribution is -2.30.